The van der Waals surface area contributed by atoms with Gasteiger partial charge in [0.15, 0.2) is 0 Å². The van der Waals surface area contributed by atoms with Crippen LogP contribution in [0.1, 0.15) is 23.1 Å². The highest BCUT2D eigenvalue weighted by molar-refractivity contribution is 5.78. The minimum atomic E-state index is -0.166. The number of rotatable bonds is 7. The van der Waals surface area contributed by atoms with Crippen LogP contribution in [0.2, 0.25) is 0 Å². The summed E-state index contributed by atoms with van der Waals surface area (Å²) in [6, 6.07) is 17.1. The van der Waals surface area contributed by atoms with Gasteiger partial charge in [-0.05, 0) is 29.8 Å². The minimum absolute atomic E-state index is 0.103. The first-order chi connectivity index (χ1) is 11.3. The van der Waals surface area contributed by atoms with Crippen LogP contribution in [0, 0.1) is 0 Å². The van der Waals surface area contributed by atoms with Crippen LogP contribution in [-0.2, 0) is 11.3 Å². The third-order valence-corrected chi connectivity index (χ3v) is 3.47. The number of amides is 1. The molecule has 118 valence electrons. The van der Waals surface area contributed by atoms with Crippen LogP contribution in [0.3, 0.4) is 0 Å². The van der Waals surface area contributed by atoms with Crippen LogP contribution in [0.5, 0.6) is 0 Å². The smallest absolute Gasteiger partial charge is 0.234 e. The van der Waals surface area contributed by atoms with E-state index in [0.29, 0.717) is 6.54 Å². The average Bonchev–Trinajstić information content (AvgIpc) is 3.28. The SMILES string of the molecule is O=C(CN[C@@H](c1ccccc1)c1ccco1)NCc1ccco1. The van der Waals surface area contributed by atoms with Crippen LogP contribution in [0.15, 0.2) is 76.0 Å². The van der Waals surface area contributed by atoms with Gasteiger partial charge >= 0.3 is 0 Å². The van der Waals surface area contributed by atoms with Crippen molar-refractivity contribution in [3.05, 3.63) is 84.2 Å². The molecule has 3 aromatic rings. The van der Waals surface area contributed by atoms with E-state index in [-0.39, 0.29) is 18.5 Å². The molecule has 0 bridgehead atoms. The summed E-state index contributed by atoms with van der Waals surface area (Å²) in [7, 11) is 0. The van der Waals surface area contributed by atoms with Gasteiger partial charge in [0.05, 0.1) is 31.7 Å². The molecule has 1 amide bonds. The maximum atomic E-state index is 12.0. The molecule has 0 aliphatic carbocycles. The summed E-state index contributed by atoms with van der Waals surface area (Å²) in [6.07, 6.45) is 3.21. The zero-order chi connectivity index (χ0) is 15.9. The summed E-state index contributed by atoms with van der Waals surface area (Å²) in [5.41, 5.74) is 1.04. The fraction of sp³-hybridized carbons (Fsp3) is 0.167. The van der Waals surface area contributed by atoms with Gasteiger partial charge in [-0.2, -0.15) is 0 Å². The molecule has 1 aromatic carbocycles. The van der Waals surface area contributed by atoms with Crippen molar-refractivity contribution in [2.24, 2.45) is 0 Å². The average molecular weight is 310 g/mol. The van der Waals surface area contributed by atoms with Crippen molar-refractivity contribution in [3.63, 3.8) is 0 Å². The van der Waals surface area contributed by atoms with Crippen LogP contribution < -0.4 is 10.6 Å². The summed E-state index contributed by atoms with van der Waals surface area (Å²) in [5, 5.41) is 6.04. The maximum Gasteiger partial charge on any atom is 0.234 e. The number of benzene rings is 1. The number of carbonyl (C=O) groups is 1. The molecule has 2 aromatic heterocycles. The molecule has 0 aliphatic heterocycles. The first-order valence-electron chi connectivity index (χ1n) is 7.44. The molecular formula is C18H18N2O3. The van der Waals surface area contributed by atoms with E-state index in [1.165, 1.54) is 0 Å². The van der Waals surface area contributed by atoms with Gasteiger partial charge in [0.25, 0.3) is 0 Å². The molecule has 1 atom stereocenters. The molecule has 2 heterocycles. The zero-order valence-corrected chi connectivity index (χ0v) is 12.6. The minimum Gasteiger partial charge on any atom is -0.467 e. The Labute approximate surface area is 134 Å². The van der Waals surface area contributed by atoms with Crippen molar-refractivity contribution >= 4 is 5.91 Å². The van der Waals surface area contributed by atoms with Crippen molar-refractivity contribution < 1.29 is 13.6 Å². The second-order valence-corrected chi connectivity index (χ2v) is 5.10. The lowest BCUT2D eigenvalue weighted by Crippen LogP contribution is -2.35. The van der Waals surface area contributed by atoms with E-state index in [4.69, 9.17) is 8.83 Å². The Hall–Kier alpha value is -2.79. The van der Waals surface area contributed by atoms with Crippen LogP contribution >= 0.6 is 0 Å². The largest absolute Gasteiger partial charge is 0.467 e. The lowest BCUT2D eigenvalue weighted by molar-refractivity contribution is -0.120. The molecule has 0 saturated carbocycles. The number of nitrogens with one attached hydrogen (secondary N) is 2. The second-order valence-electron chi connectivity index (χ2n) is 5.10. The maximum absolute atomic E-state index is 12.0. The van der Waals surface area contributed by atoms with Gasteiger partial charge in [-0.1, -0.05) is 30.3 Å². The summed E-state index contributed by atoms with van der Waals surface area (Å²) < 4.78 is 10.7. The fourth-order valence-corrected chi connectivity index (χ4v) is 2.34. The topological polar surface area (TPSA) is 67.4 Å². The molecule has 0 aliphatic rings. The summed E-state index contributed by atoms with van der Waals surface area (Å²) in [5.74, 6) is 1.40. The van der Waals surface area contributed by atoms with E-state index in [1.807, 2.05) is 48.5 Å². The van der Waals surface area contributed by atoms with Gasteiger partial charge in [0, 0.05) is 0 Å². The van der Waals surface area contributed by atoms with Crippen molar-refractivity contribution in [1.82, 2.24) is 10.6 Å². The highest BCUT2D eigenvalue weighted by Crippen LogP contribution is 2.21. The van der Waals surface area contributed by atoms with Gasteiger partial charge in [-0.25, -0.2) is 0 Å². The third kappa shape index (κ3) is 4.11. The van der Waals surface area contributed by atoms with E-state index in [1.54, 1.807) is 18.6 Å². The monoisotopic (exact) mass is 310 g/mol. The van der Waals surface area contributed by atoms with E-state index in [9.17, 15) is 4.79 Å². The standard InChI is InChI=1S/C18H18N2O3/c21-17(19-12-15-8-4-10-22-15)13-20-18(16-9-5-11-23-16)14-6-2-1-3-7-14/h1-11,18,20H,12-13H2,(H,19,21)/t18-/m0/s1. The molecule has 0 saturated heterocycles. The number of hydrogen-bond donors (Lipinski definition) is 2. The molecule has 5 heteroatoms. The summed E-state index contributed by atoms with van der Waals surface area (Å²) >= 11 is 0. The fourth-order valence-electron chi connectivity index (χ4n) is 2.34. The summed E-state index contributed by atoms with van der Waals surface area (Å²) in [4.78, 5) is 12.0. The van der Waals surface area contributed by atoms with Gasteiger partial charge in [0.2, 0.25) is 5.91 Å². The predicted octanol–water partition coefficient (Wildman–Crippen LogP) is 2.87. The molecule has 0 spiro atoms. The number of hydrogen-bond acceptors (Lipinski definition) is 4. The van der Waals surface area contributed by atoms with Crippen LogP contribution in [-0.4, -0.2) is 12.5 Å². The molecule has 0 radical (unpaired) electrons. The Kier molecular flexibility index (Phi) is 4.91. The molecule has 3 rings (SSSR count). The quantitative estimate of drug-likeness (QED) is 0.704. The lowest BCUT2D eigenvalue weighted by atomic mass is 10.0. The molecule has 2 N–H and O–H groups in total. The zero-order valence-electron chi connectivity index (χ0n) is 12.6. The van der Waals surface area contributed by atoms with Crippen molar-refractivity contribution in [2.45, 2.75) is 12.6 Å². The second kappa shape index (κ2) is 7.47. The van der Waals surface area contributed by atoms with Crippen LogP contribution in [0.4, 0.5) is 0 Å². The van der Waals surface area contributed by atoms with Gasteiger partial charge in [-0.3, -0.25) is 10.1 Å². The first-order valence-corrected chi connectivity index (χ1v) is 7.44. The number of carbonyl (C=O) groups excluding carboxylic acids is 1. The van der Waals surface area contributed by atoms with Crippen molar-refractivity contribution in [1.29, 1.82) is 0 Å². The van der Waals surface area contributed by atoms with E-state index in [2.05, 4.69) is 10.6 Å². The highest BCUT2D eigenvalue weighted by atomic mass is 16.3. The van der Waals surface area contributed by atoms with E-state index >= 15 is 0 Å². The van der Waals surface area contributed by atoms with Crippen molar-refractivity contribution in [3.8, 4) is 0 Å². The van der Waals surface area contributed by atoms with E-state index in [0.717, 1.165) is 17.1 Å². The Morgan fingerprint density at radius 2 is 1.74 bits per heavy atom. The Balaban J connectivity index is 1.59. The lowest BCUT2D eigenvalue weighted by Gasteiger charge is -2.17. The molecule has 5 nitrogen and oxygen atoms in total. The third-order valence-electron chi connectivity index (χ3n) is 3.47. The molecular weight excluding hydrogens is 292 g/mol. The predicted molar refractivity (Wildman–Crippen MR) is 85.6 cm³/mol. The normalized spacial score (nSPS) is 12.0. The molecule has 0 fully saturated rings. The molecule has 23 heavy (non-hydrogen) atoms. The van der Waals surface area contributed by atoms with Gasteiger partial charge in [0.1, 0.15) is 11.5 Å². The van der Waals surface area contributed by atoms with Gasteiger partial charge in [-0.15, -0.1) is 0 Å². The highest BCUT2D eigenvalue weighted by Gasteiger charge is 2.17. The van der Waals surface area contributed by atoms with Crippen LogP contribution in [0.25, 0.3) is 0 Å². The molecule has 0 unspecified atom stereocenters. The Bertz CT molecular complexity index is 706. The Morgan fingerprint density at radius 1 is 0.957 bits per heavy atom. The Morgan fingerprint density at radius 3 is 2.43 bits per heavy atom. The number of furan rings is 2. The van der Waals surface area contributed by atoms with Crippen molar-refractivity contribution in [2.75, 3.05) is 6.54 Å². The first kappa shape index (κ1) is 15.1. The van der Waals surface area contributed by atoms with Gasteiger partial charge < -0.3 is 14.2 Å². The van der Waals surface area contributed by atoms with E-state index < -0.39 is 0 Å². The summed E-state index contributed by atoms with van der Waals surface area (Å²) in [6.45, 7) is 0.561.